The molecule has 3 heteroatoms. The zero-order chi connectivity index (χ0) is 11.4. The number of benzene rings is 1. The lowest BCUT2D eigenvalue weighted by atomic mass is 9.91. The number of ether oxygens (including phenoxy) is 1. The molecule has 1 aliphatic rings. The van der Waals surface area contributed by atoms with Gasteiger partial charge in [0.2, 0.25) is 0 Å². The first-order valence-corrected chi connectivity index (χ1v) is 6.15. The maximum Gasteiger partial charge on any atom is 0.0793 e. The molecule has 0 radical (unpaired) electrons. The summed E-state index contributed by atoms with van der Waals surface area (Å²) in [6, 6.07) is 7.47. The summed E-state index contributed by atoms with van der Waals surface area (Å²) in [4.78, 5) is 0. The number of aliphatic hydroxyl groups is 1. The molecule has 1 aromatic carbocycles. The smallest absolute Gasteiger partial charge is 0.0793 e. The van der Waals surface area contributed by atoms with E-state index >= 15 is 0 Å². The van der Waals surface area contributed by atoms with E-state index in [0.717, 1.165) is 38.0 Å². The zero-order valence-corrected chi connectivity index (χ0v) is 9.99. The van der Waals surface area contributed by atoms with Crippen molar-refractivity contribution < 1.29 is 9.84 Å². The van der Waals surface area contributed by atoms with Crippen LogP contribution in [0.4, 0.5) is 0 Å². The molecule has 0 aliphatic carbocycles. The summed E-state index contributed by atoms with van der Waals surface area (Å²) < 4.78 is 5.30. The minimum absolute atomic E-state index is 0.401. The molecular formula is C13H17ClO2. The zero-order valence-electron chi connectivity index (χ0n) is 9.23. The van der Waals surface area contributed by atoms with Crippen LogP contribution in [0.3, 0.4) is 0 Å². The van der Waals surface area contributed by atoms with Crippen molar-refractivity contribution in [1.29, 1.82) is 0 Å². The predicted molar refractivity (Wildman–Crippen MR) is 64.6 cm³/mol. The first-order chi connectivity index (χ1) is 7.75. The SMILES string of the molecule is OC(CC1CCOCC1)c1cccc(Cl)c1. The van der Waals surface area contributed by atoms with E-state index in [9.17, 15) is 5.11 Å². The molecule has 1 fully saturated rings. The molecule has 0 spiro atoms. The van der Waals surface area contributed by atoms with Gasteiger partial charge in [-0.1, -0.05) is 23.7 Å². The lowest BCUT2D eigenvalue weighted by Crippen LogP contribution is -2.18. The average molecular weight is 241 g/mol. The van der Waals surface area contributed by atoms with Crippen LogP contribution in [0.25, 0.3) is 0 Å². The number of rotatable bonds is 3. The number of hydrogen-bond donors (Lipinski definition) is 1. The fourth-order valence-electron chi connectivity index (χ4n) is 2.15. The van der Waals surface area contributed by atoms with Gasteiger partial charge < -0.3 is 9.84 Å². The highest BCUT2D eigenvalue weighted by molar-refractivity contribution is 6.30. The van der Waals surface area contributed by atoms with Crippen molar-refractivity contribution in [3.63, 3.8) is 0 Å². The highest BCUT2D eigenvalue weighted by Crippen LogP contribution is 2.28. The molecule has 1 aromatic rings. The molecule has 0 bridgehead atoms. The Bertz CT molecular complexity index is 334. The van der Waals surface area contributed by atoms with Gasteiger partial charge in [0.1, 0.15) is 0 Å². The van der Waals surface area contributed by atoms with E-state index in [2.05, 4.69) is 0 Å². The standard InChI is InChI=1S/C13H17ClO2/c14-12-3-1-2-11(9-12)13(15)8-10-4-6-16-7-5-10/h1-3,9-10,13,15H,4-8H2. The van der Waals surface area contributed by atoms with Gasteiger partial charge in [-0.05, 0) is 42.9 Å². The van der Waals surface area contributed by atoms with Crippen LogP contribution in [0.15, 0.2) is 24.3 Å². The van der Waals surface area contributed by atoms with Crippen molar-refractivity contribution >= 4 is 11.6 Å². The topological polar surface area (TPSA) is 29.5 Å². The minimum Gasteiger partial charge on any atom is -0.388 e. The lowest BCUT2D eigenvalue weighted by molar-refractivity contribution is 0.0435. The molecular weight excluding hydrogens is 224 g/mol. The van der Waals surface area contributed by atoms with Crippen LogP contribution in [-0.2, 0) is 4.74 Å². The third-order valence-corrected chi connectivity index (χ3v) is 3.37. The Balaban J connectivity index is 1.94. The minimum atomic E-state index is -0.401. The second-order valence-electron chi connectivity index (χ2n) is 4.36. The van der Waals surface area contributed by atoms with Crippen LogP contribution in [0.1, 0.15) is 30.9 Å². The van der Waals surface area contributed by atoms with E-state index in [4.69, 9.17) is 16.3 Å². The van der Waals surface area contributed by atoms with Crippen molar-refractivity contribution in [1.82, 2.24) is 0 Å². The number of halogens is 1. The molecule has 1 aliphatic heterocycles. The van der Waals surface area contributed by atoms with Crippen LogP contribution < -0.4 is 0 Å². The van der Waals surface area contributed by atoms with E-state index in [0.29, 0.717) is 10.9 Å². The maximum absolute atomic E-state index is 10.1. The molecule has 2 nitrogen and oxygen atoms in total. The van der Waals surface area contributed by atoms with Crippen LogP contribution in [0, 0.1) is 5.92 Å². The van der Waals surface area contributed by atoms with Crippen molar-refractivity contribution in [2.24, 2.45) is 5.92 Å². The van der Waals surface area contributed by atoms with Crippen LogP contribution in [0.2, 0.25) is 5.02 Å². The second-order valence-corrected chi connectivity index (χ2v) is 4.80. The van der Waals surface area contributed by atoms with Gasteiger partial charge in [0, 0.05) is 18.2 Å². The van der Waals surface area contributed by atoms with Gasteiger partial charge in [-0.15, -0.1) is 0 Å². The number of aliphatic hydroxyl groups excluding tert-OH is 1. The highest BCUT2D eigenvalue weighted by Gasteiger charge is 2.18. The number of hydrogen-bond acceptors (Lipinski definition) is 2. The largest absolute Gasteiger partial charge is 0.388 e. The van der Waals surface area contributed by atoms with Crippen molar-refractivity contribution in [3.05, 3.63) is 34.9 Å². The van der Waals surface area contributed by atoms with Gasteiger partial charge in [-0.3, -0.25) is 0 Å². The molecule has 0 aromatic heterocycles. The summed E-state index contributed by atoms with van der Waals surface area (Å²) in [5, 5.41) is 10.8. The van der Waals surface area contributed by atoms with Gasteiger partial charge in [-0.25, -0.2) is 0 Å². The quantitative estimate of drug-likeness (QED) is 0.879. The summed E-state index contributed by atoms with van der Waals surface area (Å²) in [6.45, 7) is 1.65. The maximum atomic E-state index is 10.1. The first kappa shape index (κ1) is 11.9. The van der Waals surface area contributed by atoms with Crippen LogP contribution >= 0.6 is 11.6 Å². The third kappa shape index (κ3) is 3.21. The third-order valence-electron chi connectivity index (χ3n) is 3.13. The summed E-state index contributed by atoms with van der Waals surface area (Å²) in [7, 11) is 0. The predicted octanol–water partition coefficient (Wildman–Crippen LogP) is 3.19. The normalized spacial score (nSPS) is 19.6. The first-order valence-electron chi connectivity index (χ1n) is 5.77. The van der Waals surface area contributed by atoms with E-state index in [1.165, 1.54) is 0 Å². The molecule has 0 amide bonds. The second kappa shape index (κ2) is 5.67. The van der Waals surface area contributed by atoms with Crippen molar-refractivity contribution in [2.75, 3.05) is 13.2 Å². The Kier molecular flexibility index (Phi) is 4.22. The highest BCUT2D eigenvalue weighted by atomic mass is 35.5. The molecule has 1 atom stereocenters. The van der Waals surface area contributed by atoms with Crippen LogP contribution in [-0.4, -0.2) is 18.3 Å². The Morgan fingerprint density at radius 3 is 2.81 bits per heavy atom. The van der Waals surface area contributed by atoms with E-state index in [1.54, 1.807) is 0 Å². The Labute approximate surface area is 101 Å². The molecule has 0 saturated carbocycles. The molecule has 2 rings (SSSR count). The fourth-order valence-corrected chi connectivity index (χ4v) is 2.35. The van der Waals surface area contributed by atoms with Crippen molar-refractivity contribution in [2.45, 2.75) is 25.4 Å². The summed E-state index contributed by atoms with van der Waals surface area (Å²) in [5.41, 5.74) is 0.916. The summed E-state index contributed by atoms with van der Waals surface area (Å²) in [6.07, 6.45) is 2.51. The van der Waals surface area contributed by atoms with Gasteiger partial charge in [0.05, 0.1) is 6.10 Å². The fraction of sp³-hybridized carbons (Fsp3) is 0.538. The molecule has 16 heavy (non-hydrogen) atoms. The van der Waals surface area contributed by atoms with E-state index in [1.807, 2.05) is 24.3 Å². The lowest BCUT2D eigenvalue weighted by Gasteiger charge is -2.24. The molecule has 88 valence electrons. The monoisotopic (exact) mass is 240 g/mol. The Hall–Kier alpha value is -0.570. The van der Waals surface area contributed by atoms with E-state index < -0.39 is 6.10 Å². The van der Waals surface area contributed by atoms with Crippen molar-refractivity contribution in [3.8, 4) is 0 Å². The summed E-state index contributed by atoms with van der Waals surface area (Å²) >= 11 is 5.90. The van der Waals surface area contributed by atoms with Crippen LogP contribution in [0.5, 0.6) is 0 Å². The summed E-state index contributed by atoms with van der Waals surface area (Å²) in [5.74, 6) is 0.572. The Morgan fingerprint density at radius 1 is 1.38 bits per heavy atom. The van der Waals surface area contributed by atoms with Gasteiger partial charge in [0.25, 0.3) is 0 Å². The van der Waals surface area contributed by atoms with Gasteiger partial charge >= 0.3 is 0 Å². The van der Waals surface area contributed by atoms with E-state index in [-0.39, 0.29) is 0 Å². The Morgan fingerprint density at radius 2 is 2.12 bits per heavy atom. The van der Waals surface area contributed by atoms with Gasteiger partial charge in [0.15, 0.2) is 0 Å². The molecule has 1 saturated heterocycles. The molecule has 1 N–H and O–H groups in total. The average Bonchev–Trinajstić information content (AvgIpc) is 2.30. The van der Waals surface area contributed by atoms with Gasteiger partial charge in [-0.2, -0.15) is 0 Å². The molecule has 1 unspecified atom stereocenters. The molecule has 1 heterocycles.